The second-order valence-corrected chi connectivity index (χ2v) is 7.56. The standard InChI is InChI=1S/C16H12N4O4S/c1-25(22,23)13-7-3-4-9(14(13)16-17-19-20-18-16)10-5-2-6-11-12(21)8-24-15(10)11/h2-7H,8H2,1H3,(H,17,18,19,20). The van der Waals surface area contributed by atoms with Gasteiger partial charge in [-0.3, -0.25) is 4.79 Å². The molecule has 1 aliphatic rings. The minimum atomic E-state index is -3.54. The zero-order valence-corrected chi connectivity index (χ0v) is 13.9. The van der Waals surface area contributed by atoms with E-state index in [1.54, 1.807) is 30.3 Å². The zero-order valence-electron chi connectivity index (χ0n) is 13.1. The fourth-order valence-electron chi connectivity index (χ4n) is 2.90. The van der Waals surface area contributed by atoms with E-state index in [1.807, 2.05) is 0 Å². The molecule has 0 saturated heterocycles. The molecule has 0 aliphatic carbocycles. The van der Waals surface area contributed by atoms with Crippen LogP contribution in [0.3, 0.4) is 0 Å². The van der Waals surface area contributed by atoms with Gasteiger partial charge in [0.25, 0.3) is 0 Å². The SMILES string of the molecule is CS(=O)(=O)c1cccc(-c2cccc3c2OCC3=O)c1-c1nn[nH]n1. The minimum absolute atomic E-state index is 0.0321. The van der Waals surface area contributed by atoms with Crippen molar-refractivity contribution in [3.8, 4) is 28.3 Å². The fraction of sp³-hybridized carbons (Fsp3) is 0.125. The van der Waals surface area contributed by atoms with Crippen LogP contribution in [0.25, 0.3) is 22.5 Å². The largest absolute Gasteiger partial charge is 0.484 e. The molecule has 25 heavy (non-hydrogen) atoms. The summed E-state index contributed by atoms with van der Waals surface area (Å²) in [4.78, 5) is 12.0. The molecule has 1 N–H and O–H groups in total. The lowest BCUT2D eigenvalue weighted by molar-refractivity contribution is 0.0961. The average Bonchev–Trinajstić information content (AvgIpc) is 3.24. The number of aromatic amines is 1. The van der Waals surface area contributed by atoms with Crippen LogP contribution < -0.4 is 4.74 Å². The molecule has 0 radical (unpaired) electrons. The first-order chi connectivity index (χ1) is 12.0. The zero-order chi connectivity index (χ0) is 17.6. The van der Waals surface area contributed by atoms with Crippen LogP contribution in [0.4, 0.5) is 0 Å². The Morgan fingerprint density at radius 3 is 2.52 bits per heavy atom. The molecule has 0 unspecified atom stereocenters. The van der Waals surface area contributed by atoms with Crippen LogP contribution in [0.2, 0.25) is 0 Å². The molecular formula is C16H12N4O4S. The maximum atomic E-state index is 12.2. The molecule has 0 atom stereocenters. The lowest BCUT2D eigenvalue weighted by Gasteiger charge is -2.13. The van der Waals surface area contributed by atoms with Crippen LogP contribution in [0.5, 0.6) is 5.75 Å². The van der Waals surface area contributed by atoms with Gasteiger partial charge in [-0.1, -0.05) is 24.3 Å². The van der Waals surface area contributed by atoms with Crippen molar-refractivity contribution >= 4 is 15.6 Å². The fourth-order valence-corrected chi connectivity index (χ4v) is 3.80. The molecule has 4 rings (SSSR count). The van der Waals surface area contributed by atoms with Crippen LogP contribution in [0, 0.1) is 0 Å². The number of nitrogens with one attached hydrogen (secondary N) is 1. The van der Waals surface area contributed by atoms with Crippen LogP contribution in [0.1, 0.15) is 10.4 Å². The molecule has 2 aromatic carbocycles. The molecule has 126 valence electrons. The molecule has 1 aliphatic heterocycles. The Bertz CT molecular complexity index is 1090. The van der Waals surface area contributed by atoms with Gasteiger partial charge >= 0.3 is 0 Å². The number of carbonyl (C=O) groups is 1. The van der Waals surface area contributed by atoms with Gasteiger partial charge in [0.1, 0.15) is 5.75 Å². The van der Waals surface area contributed by atoms with Gasteiger partial charge in [0.15, 0.2) is 16.4 Å². The first kappa shape index (κ1) is 15.5. The number of tetrazole rings is 1. The number of nitrogens with zero attached hydrogens (tertiary/aromatic N) is 3. The lowest BCUT2D eigenvalue weighted by Crippen LogP contribution is -2.03. The Morgan fingerprint density at radius 2 is 1.80 bits per heavy atom. The van der Waals surface area contributed by atoms with E-state index >= 15 is 0 Å². The van der Waals surface area contributed by atoms with Gasteiger partial charge in [0.2, 0.25) is 11.6 Å². The molecule has 0 fully saturated rings. The second kappa shape index (κ2) is 5.49. The number of sulfone groups is 1. The van der Waals surface area contributed by atoms with Crippen LogP contribution in [-0.4, -0.2) is 47.7 Å². The van der Waals surface area contributed by atoms with E-state index in [4.69, 9.17) is 4.74 Å². The number of H-pyrrole nitrogens is 1. The van der Waals surface area contributed by atoms with Crippen molar-refractivity contribution in [1.29, 1.82) is 0 Å². The number of rotatable bonds is 3. The molecule has 1 aromatic heterocycles. The summed E-state index contributed by atoms with van der Waals surface area (Å²) < 4.78 is 30.0. The van der Waals surface area contributed by atoms with Gasteiger partial charge in [-0.05, 0) is 22.9 Å². The maximum absolute atomic E-state index is 12.2. The molecule has 0 bridgehead atoms. The number of aromatic nitrogens is 4. The molecule has 8 nitrogen and oxygen atoms in total. The number of ether oxygens (including phenoxy) is 1. The van der Waals surface area contributed by atoms with Gasteiger partial charge in [-0.2, -0.15) is 5.21 Å². The first-order valence-electron chi connectivity index (χ1n) is 7.33. The number of ketones is 1. The van der Waals surface area contributed by atoms with Crippen molar-refractivity contribution in [1.82, 2.24) is 20.6 Å². The molecule has 2 heterocycles. The highest BCUT2D eigenvalue weighted by molar-refractivity contribution is 7.90. The van der Waals surface area contributed by atoms with E-state index in [9.17, 15) is 13.2 Å². The summed E-state index contributed by atoms with van der Waals surface area (Å²) in [6.45, 7) is -0.0321. The quantitative estimate of drug-likeness (QED) is 0.756. The Hall–Kier alpha value is -3.07. The van der Waals surface area contributed by atoms with Crippen molar-refractivity contribution in [3.05, 3.63) is 42.0 Å². The highest BCUT2D eigenvalue weighted by atomic mass is 32.2. The van der Waals surface area contributed by atoms with Crippen molar-refractivity contribution in [2.75, 3.05) is 12.9 Å². The van der Waals surface area contributed by atoms with Crippen molar-refractivity contribution in [2.24, 2.45) is 0 Å². The Morgan fingerprint density at radius 1 is 1.08 bits per heavy atom. The summed E-state index contributed by atoms with van der Waals surface area (Å²) in [6.07, 6.45) is 1.12. The maximum Gasteiger partial charge on any atom is 0.206 e. The van der Waals surface area contributed by atoms with E-state index < -0.39 is 9.84 Å². The lowest BCUT2D eigenvalue weighted by atomic mass is 9.96. The summed E-state index contributed by atoms with van der Waals surface area (Å²) in [5, 5.41) is 13.7. The topological polar surface area (TPSA) is 115 Å². The van der Waals surface area contributed by atoms with Gasteiger partial charge in [0, 0.05) is 17.4 Å². The minimum Gasteiger partial charge on any atom is -0.484 e. The number of fused-ring (bicyclic) bond motifs is 1. The molecule has 0 spiro atoms. The van der Waals surface area contributed by atoms with Crippen LogP contribution in [-0.2, 0) is 9.84 Å². The molecular weight excluding hydrogens is 344 g/mol. The summed E-state index contributed by atoms with van der Waals surface area (Å²) in [7, 11) is -3.54. The molecule has 9 heteroatoms. The second-order valence-electron chi connectivity index (χ2n) is 5.58. The third-order valence-corrected chi connectivity index (χ3v) is 5.09. The highest BCUT2D eigenvalue weighted by Crippen LogP contribution is 2.42. The monoisotopic (exact) mass is 356 g/mol. The number of benzene rings is 2. The van der Waals surface area contributed by atoms with Gasteiger partial charge in [-0.15, -0.1) is 10.2 Å². The number of Topliss-reactive ketones (excluding diaryl/α,β-unsaturated/α-hetero) is 1. The van der Waals surface area contributed by atoms with E-state index in [0.29, 0.717) is 28.0 Å². The number of carbonyl (C=O) groups excluding carboxylic acids is 1. The van der Waals surface area contributed by atoms with E-state index in [2.05, 4.69) is 20.6 Å². The Labute approximate surface area is 142 Å². The summed E-state index contributed by atoms with van der Waals surface area (Å²) >= 11 is 0. The van der Waals surface area contributed by atoms with E-state index in [0.717, 1.165) is 6.26 Å². The predicted octanol–water partition coefficient (Wildman–Crippen LogP) is 1.51. The molecule has 0 amide bonds. The van der Waals surface area contributed by atoms with E-state index in [-0.39, 0.29) is 23.1 Å². The third kappa shape index (κ3) is 2.49. The van der Waals surface area contributed by atoms with Crippen molar-refractivity contribution < 1.29 is 17.9 Å². The first-order valence-corrected chi connectivity index (χ1v) is 9.22. The van der Waals surface area contributed by atoms with Crippen molar-refractivity contribution in [3.63, 3.8) is 0 Å². The number of hydrogen-bond donors (Lipinski definition) is 1. The summed E-state index contributed by atoms with van der Waals surface area (Å²) in [5.41, 5.74) is 1.95. The smallest absolute Gasteiger partial charge is 0.206 e. The molecule has 0 saturated carbocycles. The molecule has 3 aromatic rings. The van der Waals surface area contributed by atoms with Gasteiger partial charge in [0.05, 0.1) is 10.5 Å². The number of hydrogen-bond acceptors (Lipinski definition) is 7. The Kier molecular flexibility index (Phi) is 3.39. The average molecular weight is 356 g/mol. The summed E-state index contributed by atoms with van der Waals surface area (Å²) in [5.74, 6) is 0.470. The Balaban J connectivity index is 2.07. The van der Waals surface area contributed by atoms with Crippen LogP contribution in [0.15, 0.2) is 41.3 Å². The number of para-hydroxylation sites is 1. The summed E-state index contributed by atoms with van der Waals surface area (Å²) in [6, 6.07) is 10.0. The van der Waals surface area contributed by atoms with Gasteiger partial charge < -0.3 is 4.74 Å². The highest BCUT2D eigenvalue weighted by Gasteiger charge is 2.28. The normalized spacial score (nSPS) is 13.6. The van der Waals surface area contributed by atoms with Gasteiger partial charge in [-0.25, -0.2) is 8.42 Å². The predicted molar refractivity (Wildman–Crippen MR) is 88.0 cm³/mol. The van der Waals surface area contributed by atoms with E-state index in [1.165, 1.54) is 6.07 Å². The third-order valence-electron chi connectivity index (χ3n) is 3.95. The van der Waals surface area contributed by atoms with Crippen molar-refractivity contribution in [2.45, 2.75) is 4.90 Å². The van der Waals surface area contributed by atoms with Crippen LogP contribution >= 0.6 is 0 Å².